The Morgan fingerprint density at radius 1 is 0.912 bits per heavy atom. The summed E-state index contributed by atoms with van der Waals surface area (Å²) in [6.45, 7) is 2.61. The molecule has 4 rings (SSSR count). The summed E-state index contributed by atoms with van der Waals surface area (Å²) in [7, 11) is 3.23. The average molecular weight is 456 g/mol. The molecule has 34 heavy (non-hydrogen) atoms. The minimum Gasteiger partial charge on any atom is -0.493 e. The number of para-hydroxylation sites is 2. The fourth-order valence-corrected chi connectivity index (χ4v) is 3.97. The van der Waals surface area contributed by atoms with Crippen LogP contribution in [0.3, 0.4) is 0 Å². The van der Waals surface area contributed by atoms with E-state index in [0.29, 0.717) is 35.8 Å². The molecule has 3 aromatic carbocycles. The fraction of sp³-hybridized carbons (Fsp3) is 0.214. The molecule has 6 heteroatoms. The molecule has 1 heterocycles. The molecular formula is C28H29N3O3. The van der Waals surface area contributed by atoms with Crippen molar-refractivity contribution >= 4 is 28.3 Å². The van der Waals surface area contributed by atoms with Crippen LogP contribution in [0.2, 0.25) is 0 Å². The average Bonchev–Trinajstić information content (AvgIpc) is 2.88. The molecule has 0 atom stereocenters. The number of ether oxygens (including phenoxy) is 2. The number of benzene rings is 3. The Bertz CT molecular complexity index is 1300. The molecule has 1 amide bonds. The molecule has 174 valence electrons. The van der Waals surface area contributed by atoms with Gasteiger partial charge in [-0.25, -0.2) is 4.98 Å². The summed E-state index contributed by atoms with van der Waals surface area (Å²) in [4.78, 5) is 17.9. The van der Waals surface area contributed by atoms with E-state index < -0.39 is 0 Å². The van der Waals surface area contributed by atoms with Gasteiger partial charge in [0.2, 0.25) is 0 Å². The molecule has 2 N–H and O–H groups in total. The molecular weight excluding hydrogens is 426 g/mol. The van der Waals surface area contributed by atoms with Crippen molar-refractivity contribution < 1.29 is 14.3 Å². The Labute approximate surface area is 199 Å². The predicted octanol–water partition coefficient (Wildman–Crippen LogP) is 5.53. The van der Waals surface area contributed by atoms with E-state index in [4.69, 9.17) is 14.5 Å². The molecule has 0 radical (unpaired) electrons. The van der Waals surface area contributed by atoms with Gasteiger partial charge in [-0.3, -0.25) is 4.79 Å². The Morgan fingerprint density at radius 3 is 2.47 bits per heavy atom. The second-order valence-electron chi connectivity index (χ2n) is 7.90. The van der Waals surface area contributed by atoms with Gasteiger partial charge in [-0.05, 0) is 54.3 Å². The van der Waals surface area contributed by atoms with Crippen LogP contribution < -0.4 is 20.1 Å². The first-order valence-corrected chi connectivity index (χ1v) is 11.4. The van der Waals surface area contributed by atoms with Crippen LogP contribution in [0, 0.1) is 0 Å². The third-order valence-electron chi connectivity index (χ3n) is 5.77. The largest absolute Gasteiger partial charge is 0.493 e. The predicted molar refractivity (Wildman–Crippen MR) is 136 cm³/mol. The van der Waals surface area contributed by atoms with Crippen LogP contribution in [-0.2, 0) is 12.8 Å². The topological polar surface area (TPSA) is 72.5 Å². The smallest absolute Gasteiger partial charge is 0.252 e. The summed E-state index contributed by atoms with van der Waals surface area (Å²) >= 11 is 0. The van der Waals surface area contributed by atoms with Crippen molar-refractivity contribution in [2.24, 2.45) is 0 Å². The van der Waals surface area contributed by atoms with E-state index in [0.717, 1.165) is 28.6 Å². The lowest BCUT2D eigenvalue weighted by atomic mass is 10.1. The number of pyridine rings is 1. The Balaban J connectivity index is 1.54. The van der Waals surface area contributed by atoms with Crippen LogP contribution in [0.15, 0.2) is 72.8 Å². The number of hydrogen-bond acceptors (Lipinski definition) is 5. The maximum atomic E-state index is 13.2. The van der Waals surface area contributed by atoms with Crippen LogP contribution >= 0.6 is 0 Å². The Kier molecular flexibility index (Phi) is 7.28. The van der Waals surface area contributed by atoms with Gasteiger partial charge >= 0.3 is 0 Å². The molecule has 0 fully saturated rings. The number of fused-ring (bicyclic) bond motifs is 1. The highest BCUT2D eigenvalue weighted by molar-refractivity contribution is 6.07. The zero-order chi connectivity index (χ0) is 23.9. The molecule has 0 bridgehead atoms. The van der Waals surface area contributed by atoms with Gasteiger partial charge in [0, 0.05) is 17.6 Å². The zero-order valence-electron chi connectivity index (χ0n) is 19.7. The van der Waals surface area contributed by atoms with Gasteiger partial charge in [-0.2, -0.15) is 0 Å². The Morgan fingerprint density at radius 2 is 1.68 bits per heavy atom. The number of methoxy groups -OCH3 is 2. The number of carbonyl (C=O) groups is 1. The summed E-state index contributed by atoms with van der Waals surface area (Å²) in [5.41, 5.74) is 4.60. The molecule has 0 unspecified atom stereocenters. The van der Waals surface area contributed by atoms with Crippen molar-refractivity contribution in [1.82, 2.24) is 10.3 Å². The van der Waals surface area contributed by atoms with Gasteiger partial charge in [-0.15, -0.1) is 0 Å². The van der Waals surface area contributed by atoms with E-state index in [1.54, 1.807) is 14.2 Å². The van der Waals surface area contributed by atoms with Crippen molar-refractivity contribution in [2.75, 3.05) is 26.1 Å². The fourth-order valence-electron chi connectivity index (χ4n) is 3.97. The lowest BCUT2D eigenvalue weighted by Gasteiger charge is -2.14. The van der Waals surface area contributed by atoms with Crippen LogP contribution in [0.5, 0.6) is 11.5 Å². The second-order valence-corrected chi connectivity index (χ2v) is 7.90. The van der Waals surface area contributed by atoms with E-state index >= 15 is 0 Å². The molecule has 1 aromatic heterocycles. The number of nitrogens with one attached hydrogen (secondary N) is 2. The third-order valence-corrected chi connectivity index (χ3v) is 5.77. The van der Waals surface area contributed by atoms with E-state index in [-0.39, 0.29) is 5.91 Å². The molecule has 0 saturated carbocycles. The third kappa shape index (κ3) is 5.12. The monoisotopic (exact) mass is 455 g/mol. The van der Waals surface area contributed by atoms with Crippen LogP contribution in [0.1, 0.15) is 28.4 Å². The number of nitrogens with zero attached hydrogens (tertiary/aromatic N) is 1. The summed E-state index contributed by atoms with van der Waals surface area (Å²) in [5.74, 6) is 1.87. The van der Waals surface area contributed by atoms with E-state index in [9.17, 15) is 4.79 Å². The number of rotatable bonds is 9. The van der Waals surface area contributed by atoms with Crippen LogP contribution in [0.25, 0.3) is 10.9 Å². The number of aromatic nitrogens is 1. The van der Waals surface area contributed by atoms with E-state index in [1.807, 2.05) is 66.7 Å². The second kappa shape index (κ2) is 10.7. The lowest BCUT2D eigenvalue weighted by Crippen LogP contribution is -2.26. The first-order chi connectivity index (χ1) is 16.6. The number of carbonyl (C=O) groups excluding carboxylic acids is 1. The van der Waals surface area contributed by atoms with Gasteiger partial charge in [-0.1, -0.05) is 49.4 Å². The minimum atomic E-state index is -0.133. The molecule has 0 saturated heterocycles. The molecule has 0 spiro atoms. The molecule has 4 aromatic rings. The number of amides is 1. The summed E-state index contributed by atoms with van der Waals surface area (Å²) in [6, 6.07) is 23.4. The SMILES string of the molecule is CCc1ccccc1Nc1cc(C(=O)NCCc2ccc(OC)c(OC)c2)c2ccccc2n1. The van der Waals surface area contributed by atoms with E-state index in [2.05, 4.69) is 23.6 Å². The first kappa shape index (κ1) is 23.1. The zero-order valence-corrected chi connectivity index (χ0v) is 19.7. The standard InChI is InChI=1S/C28H29N3O3/c1-4-20-9-5-7-11-23(20)30-27-18-22(21-10-6-8-12-24(21)31-27)28(32)29-16-15-19-13-14-25(33-2)26(17-19)34-3/h5-14,17-18H,4,15-16H2,1-3H3,(H,29,32)(H,30,31). The summed E-state index contributed by atoms with van der Waals surface area (Å²) in [6.07, 6.45) is 1.57. The van der Waals surface area contributed by atoms with Crippen molar-refractivity contribution in [2.45, 2.75) is 19.8 Å². The first-order valence-electron chi connectivity index (χ1n) is 11.4. The molecule has 0 aliphatic heterocycles. The van der Waals surface area contributed by atoms with Gasteiger partial charge < -0.3 is 20.1 Å². The van der Waals surface area contributed by atoms with Gasteiger partial charge in [0.05, 0.1) is 25.3 Å². The highest BCUT2D eigenvalue weighted by Crippen LogP contribution is 2.28. The molecule has 0 aliphatic carbocycles. The number of hydrogen-bond donors (Lipinski definition) is 2. The minimum absolute atomic E-state index is 0.133. The molecule has 0 aliphatic rings. The van der Waals surface area contributed by atoms with Crippen molar-refractivity contribution in [1.29, 1.82) is 0 Å². The Hall–Kier alpha value is -4.06. The van der Waals surface area contributed by atoms with Gasteiger partial charge in [0.1, 0.15) is 5.82 Å². The highest BCUT2D eigenvalue weighted by Gasteiger charge is 2.14. The van der Waals surface area contributed by atoms with Crippen molar-refractivity contribution in [3.63, 3.8) is 0 Å². The van der Waals surface area contributed by atoms with E-state index in [1.165, 1.54) is 5.56 Å². The van der Waals surface area contributed by atoms with Crippen LogP contribution in [-0.4, -0.2) is 31.7 Å². The lowest BCUT2D eigenvalue weighted by molar-refractivity contribution is 0.0955. The molecule has 6 nitrogen and oxygen atoms in total. The summed E-state index contributed by atoms with van der Waals surface area (Å²) < 4.78 is 10.7. The maximum Gasteiger partial charge on any atom is 0.252 e. The highest BCUT2D eigenvalue weighted by atomic mass is 16.5. The van der Waals surface area contributed by atoms with Gasteiger partial charge in [0.25, 0.3) is 5.91 Å². The maximum absolute atomic E-state index is 13.2. The van der Waals surface area contributed by atoms with Crippen LogP contribution in [0.4, 0.5) is 11.5 Å². The number of anilines is 2. The van der Waals surface area contributed by atoms with Crippen molar-refractivity contribution in [3.05, 3.63) is 89.5 Å². The van der Waals surface area contributed by atoms with Gasteiger partial charge in [0.15, 0.2) is 11.5 Å². The quantitative estimate of drug-likeness (QED) is 0.347. The normalized spacial score (nSPS) is 10.7. The number of aryl methyl sites for hydroxylation is 1. The van der Waals surface area contributed by atoms with Crippen molar-refractivity contribution in [3.8, 4) is 11.5 Å². The summed E-state index contributed by atoms with van der Waals surface area (Å²) in [5, 5.41) is 7.27.